The van der Waals surface area contributed by atoms with Crippen molar-refractivity contribution in [1.82, 2.24) is 24.8 Å². The number of hydrogen-bond acceptors (Lipinski definition) is 5. The summed E-state index contributed by atoms with van der Waals surface area (Å²) >= 11 is 1.44. The van der Waals surface area contributed by atoms with E-state index in [2.05, 4.69) is 51.0 Å². The summed E-state index contributed by atoms with van der Waals surface area (Å²) in [6, 6.07) is 0.770. The number of amides is 2. The molecule has 2 N–H and O–H groups in total. The lowest BCUT2D eigenvalue weighted by Crippen LogP contribution is -2.29. The first-order valence-corrected chi connectivity index (χ1v) is 9.12. The second-order valence-corrected chi connectivity index (χ2v) is 7.30. The van der Waals surface area contributed by atoms with Gasteiger partial charge >= 0.3 is 6.03 Å². The van der Waals surface area contributed by atoms with E-state index in [0.29, 0.717) is 23.8 Å². The summed E-state index contributed by atoms with van der Waals surface area (Å²) in [5.41, 5.74) is 0.968. The van der Waals surface area contributed by atoms with Crippen LogP contribution in [0.3, 0.4) is 0 Å². The van der Waals surface area contributed by atoms with Crippen molar-refractivity contribution in [2.24, 2.45) is 0 Å². The van der Waals surface area contributed by atoms with Crippen LogP contribution in [0.1, 0.15) is 44.2 Å². The molecule has 2 aromatic rings. The highest BCUT2D eigenvalue weighted by atomic mass is 32.1. The highest BCUT2D eigenvalue weighted by Crippen LogP contribution is 2.35. The molecule has 24 heavy (non-hydrogen) atoms. The zero-order chi connectivity index (χ0) is 17.1. The number of rotatable bonds is 7. The van der Waals surface area contributed by atoms with E-state index in [-0.39, 0.29) is 6.03 Å². The Morgan fingerprint density at radius 3 is 3.00 bits per heavy atom. The smallest absolute Gasteiger partial charge is 0.321 e. The van der Waals surface area contributed by atoms with E-state index in [1.165, 1.54) is 24.2 Å². The van der Waals surface area contributed by atoms with Crippen LogP contribution < -0.4 is 10.6 Å². The largest absolute Gasteiger partial charge is 0.331 e. The van der Waals surface area contributed by atoms with Gasteiger partial charge < -0.3 is 9.88 Å². The summed E-state index contributed by atoms with van der Waals surface area (Å²) in [4.78, 5) is 23.0. The summed E-state index contributed by atoms with van der Waals surface area (Å²) in [5.74, 6) is 0.894. The van der Waals surface area contributed by atoms with Crippen LogP contribution in [0.4, 0.5) is 9.93 Å². The van der Waals surface area contributed by atoms with Crippen LogP contribution in [0.15, 0.2) is 17.8 Å². The lowest BCUT2D eigenvalue weighted by Gasteiger charge is -2.19. The number of nitrogens with zero attached hydrogens (tertiary/aromatic N) is 4. The van der Waals surface area contributed by atoms with Gasteiger partial charge in [0.15, 0.2) is 5.13 Å². The zero-order valence-electron chi connectivity index (χ0n) is 14.3. The molecule has 0 spiro atoms. The summed E-state index contributed by atoms with van der Waals surface area (Å²) in [7, 11) is 2.06. The van der Waals surface area contributed by atoms with Crippen LogP contribution in [-0.2, 0) is 13.1 Å². The molecule has 2 heterocycles. The maximum atomic E-state index is 12.0. The van der Waals surface area contributed by atoms with Crippen molar-refractivity contribution in [3.63, 3.8) is 0 Å². The Morgan fingerprint density at radius 1 is 1.50 bits per heavy atom. The van der Waals surface area contributed by atoms with E-state index in [1.807, 2.05) is 11.6 Å². The third-order valence-corrected chi connectivity index (χ3v) is 4.97. The van der Waals surface area contributed by atoms with Gasteiger partial charge in [-0.2, -0.15) is 0 Å². The second-order valence-electron chi connectivity index (χ2n) is 6.44. The van der Waals surface area contributed by atoms with Crippen LogP contribution in [0.2, 0.25) is 0 Å². The fraction of sp³-hybridized carbons (Fsp3) is 0.562. The summed E-state index contributed by atoms with van der Waals surface area (Å²) in [5, 5.41) is 8.24. The van der Waals surface area contributed by atoms with E-state index in [0.717, 1.165) is 18.1 Å². The molecule has 0 bridgehead atoms. The van der Waals surface area contributed by atoms with Gasteiger partial charge in [-0.1, -0.05) is 0 Å². The number of carbonyl (C=O) groups excluding carboxylic acids is 1. The van der Waals surface area contributed by atoms with Crippen molar-refractivity contribution in [3.05, 3.63) is 29.3 Å². The molecule has 1 aliphatic carbocycles. The maximum absolute atomic E-state index is 12.0. The molecule has 7 nitrogen and oxygen atoms in total. The van der Waals surface area contributed by atoms with Gasteiger partial charge in [-0.3, -0.25) is 10.2 Å². The number of carbonyl (C=O) groups is 1. The van der Waals surface area contributed by atoms with E-state index >= 15 is 0 Å². The minimum absolute atomic E-state index is 0.251. The molecule has 0 atom stereocenters. The molecular formula is C16H24N6OS. The van der Waals surface area contributed by atoms with Gasteiger partial charge in [0.1, 0.15) is 5.82 Å². The van der Waals surface area contributed by atoms with Crippen molar-refractivity contribution < 1.29 is 4.79 Å². The quantitative estimate of drug-likeness (QED) is 0.807. The number of thiazole rings is 1. The van der Waals surface area contributed by atoms with Gasteiger partial charge in [-0.25, -0.2) is 14.8 Å². The summed E-state index contributed by atoms with van der Waals surface area (Å²) in [6.45, 7) is 5.48. The van der Waals surface area contributed by atoms with Crippen LogP contribution in [0.5, 0.6) is 0 Å². The lowest BCUT2D eigenvalue weighted by molar-refractivity contribution is 0.251. The van der Waals surface area contributed by atoms with Crippen LogP contribution in [0, 0.1) is 0 Å². The Balaban J connectivity index is 1.48. The zero-order valence-corrected chi connectivity index (χ0v) is 15.1. The van der Waals surface area contributed by atoms with Gasteiger partial charge in [-0.15, -0.1) is 11.3 Å². The third-order valence-electron chi connectivity index (χ3n) is 4.16. The molecule has 1 fully saturated rings. The number of imidazole rings is 1. The third kappa shape index (κ3) is 4.33. The van der Waals surface area contributed by atoms with Crippen molar-refractivity contribution >= 4 is 22.5 Å². The minimum atomic E-state index is -0.251. The molecule has 1 saturated carbocycles. The Hall–Kier alpha value is -1.93. The molecule has 8 heteroatoms. The Morgan fingerprint density at radius 2 is 2.29 bits per heavy atom. The molecule has 1 aliphatic rings. The van der Waals surface area contributed by atoms with E-state index < -0.39 is 0 Å². The Labute approximate surface area is 146 Å². The average molecular weight is 348 g/mol. The molecule has 0 radical (unpaired) electrons. The second kappa shape index (κ2) is 7.31. The first-order valence-electron chi connectivity index (χ1n) is 8.24. The van der Waals surface area contributed by atoms with Crippen molar-refractivity contribution in [2.45, 2.75) is 51.9 Å². The van der Waals surface area contributed by atoms with E-state index in [4.69, 9.17) is 0 Å². The van der Waals surface area contributed by atoms with Gasteiger partial charge in [0.2, 0.25) is 0 Å². The predicted octanol–water partition coefficient (Wildman–Crippen LogP) is 2.84. The van der Waals surface area contributed by atoms with Gasteiger partial charge in [-0.05, 0) is 33.7 Å². The highest BCUT2D eigenvalue weighted by Gasteiger charge is 2.25. The van der Waals surface area contributed by atoms with Gasteiger partial charge in [0.25, 0.3) is 0 Å². The number of nitrogens with one attached hydrogen (secondary N) is 2. The van der Waals surface area contributed by atoms with E-state index in [1.54, 1.807) is 6.20 Å². The molecule has 2 amide bonds. The van der Waals surface area contributed by atoms with Crippen molar-refractivity contribution in [1.29, 1.82) is 0 Å². The van der Waals surface area contributed by atoms with Crippen LogP contribution >= 0.6 is 11.3 Å². The minimum Gasteiger partial charge on any atom is -0.331 e. The molecule has 0 saturated heterocycles. The standard InChI is InChI=1S/C16H24N6OS/c1-11(2)21(3)9-12-10-24-16(19-12)20-15(23)18-8-14-17-6-7-22(14)13-4-5-13/h6-7,10-11,13H,4-5,8-9H2,1-3H3,(H2,18,19,20,23). The first kappa shape index (κ1) is 16.9. The fourth-order valence-electron chi connectivity index (χ4n) is 2.34. The Kier molecular flexibility index (Phi) is 5.15. The molecule has 0 unspecified atom stereocenters. The lowest BCUT2D eigenvalue weighted by atomic mass is 10.3. The number of anilines is 1. The Bertz CT molecular complexity index is 690. The predicted molar refractivity (Wildman–Crippen MR) is 95.1 cm³/mol. The molecule has 2 aromatic heterocycles. The van der Waals surface area contributed by atoms with Crippen LogP contribution in [-0.4, -0.2) is 38.6 Å². The first-order chi connectivity index (χ1) is 11.5. The highest BCUT2D eigenvalue weighted by molar-refractivity contribution is 7.13. The maximum Gasteiger partial charge on any atom is 0.321 e. The number of aromatic nitrogens is 3. The molecule has 3 rings (SSSR count). The SMILES string of the molecule is CC(C)N(C)Cc1csc(NC(=O)NCc2nccn2C2CC2)n1. The topological polar surface area (TPSA) is 75.1 Å². The molecular weight excluding hydrogens is 324 g/mol. The number of hydrogen-bond donors (Lipinski definition) is 2. The van der Waals surface area contributed by atoms with Gasteiger partial charge in [0.05, 0.1) is 12.2 Å². The average Bonchev–Trinajstić information content (AvgIpc) is 3.11. The summed E-state index contributed by atoms with van der Waals surface area (Å²) in [6.07, 6.45) is 6.15. The summed E-state index contributed by atoms with van der Waals surface area (Å²) < 4.78 is 2.14. The van der Waals surface area contributed by atoms with Crippen LogP contribution in [0.25, 0.3) is 0 Å². The molecule has 130 valence electrons. The van der Waals surface area contributed by atoms with Crippen molar-refractivity contribution in [2.75, 3.05) is 12.4 Å². The normalized spacial score (nSPS) is 14.4. The fourth-order valence-corrected chi connectivity index (χ4v) is 3.04. The monoisotopic (exact) mass is 348 g/mol. The van der Waals surface area contributed by atoms with Crippen molar-refractivity contribution in [3.8, 4) is 0 Å². The molecule has 0 aromatic carbocycles. The van der Waals surface area contributed by atoms with Gasteiger partial charge in [0, 0.05) is 36.4 Å². The molecule has 0 aliphatic heterocycles. The number of urea groups is 1. The van der Waals surface area contributed by atoms with E-state index in [9.17, 15) is 4.79 Å².